The van der Waals surface area contributed by atoms with Crippen molar-refractivity contribution >= 4 is 23.8 Å². The van der Waals surface area contributed by atoms with E-state index in [1.165, 1.54) is 6.08 Å². The Hall–Kier alpha value is -4.59. The molecule has 4 rings (SSSR count). The van der Waals surface area contributed by atoms with E-state index in [2.05, 4.69) is 17.2 Å². The van der Waals surface area contributed by atoms with Crippen molar-refractivity contribution in [1.29, 1.82) is 0 Å². The Bertz CT molecular complexity index is 1240. The highest BCUT2D eigenvalue weighted by Gasteiger charge is 2.29. The maximum atomic E-state index is 12.6. The van der Waals surface area contributed by atoms with Gasteiger partial charge in [0, 0.05) is 18.0 Å². The van der Waals surface area contributed by atoms with Crippen molar-refractivity contribution in [1.82, 2.24) is 5.32 Å². The number of carboxylic acids is 1. The third kappa shape index (κ3) is 5.72. The molecule has 3 N–H and O–H groups in total. The summed E-state index contributed by atoms with van der Waals surface area (Å²) in [6.45, 7) is 3.62. The molecular weight excluding hydrogens is 460 g/mol. The Morgan fingerprint density at radius 2 is 1.58 bits per heavy atom. The van der Waals surface area contributed by atoms with Crippen LogP contribution in [0.15, 0.2) is 85.5 Å². The van der Waals surface area contributed by atoms with E-state index in [9.17, 15) is 19.5 Å². The minimum absolute atomic E-state index is 0.00322. The molecule has 8 nitrogen and oxygen atoms in total. The summed E-state index contributed by atoms with van der Waals surface area (Å²) in [6.07, 6.45) is -0.0238. The number of rotatable bonds is 9. The summed E-state index contributed by atoms with van der Waals surface area (Å²) in [5, 5.41) is 14.7. The first-order valence-electron chi connectivity index (χ1n) is 11.4. The molecule has 0 heterocycles. The van der Waals surface area contributed by atoms with Crippen molar-refractivity contribution in [2.45, 2.75) is 18.4 Å². The average molecular weight is 487 g/mol. The van der Waals surface area contributed by atoms with Crippen LogP contribution in [0.1, 0.15) is 22.6 Å². The molecule has 0 fully saturated rings. The maximum Gasteiger partial charge on any atom is 0.411 e. The lowest BCUT2D eigenvalue weighted by Crippen LogP contribution is -2.42. The second kappa shape index (κ2) is 11.2. The number of anilines is 1. The van der Waals surface area contributed by atoms with Crippen LogP contribution in [0.25, 0.3) is 11.1 Å². The number of carbonyl (C=O) groups is 3. The molecule has 1 aliphatic rings. The molecule has 1 atom stereocenters. The summed E-state index contributed by atoms with van der Waals surface area (Å²) in [5.41, 5.74) is 5.38. The molecule has 0 unspecified atom stereocenters. The van der Waals surface area contributed by atoms with Crippen molar-refractivity contribution in [3.05, 3.63) is 102 Å². The van der Waals surface area contributed by atoms with Gasteiger partial charge in [-0.3, -0.25) is 5.32 Å². The van der Waals surface area contributed by atoms with Gasteiger partial charge in [-0.15, -0.1) is 0 Å². The highest BCUT2D eigenvalue weighted by atomic mass is 16.6. The Morgan fingerprint density at radius 3 is 2.22 bits per heavy atom. The smallest absolute Gasteiger partial charge is 0.411 e. The van der Waals surface area contributed by atoms with Crippen molar-refractivity contribution in [2.75, 3.05) is 18.5 Å². The number of hydrogen-bond acceptors (Lipinski definition) is 5. The van der Waals surface area contributed by atoms with E-state index in [-0.39, 0.29) is 25.6 Å². The van der Waals surface area contributed by atoms with E-state index in [4.69, 9.17) is 9.47 Å². The van der Waals surface area contributed by atoms with Crippen LogP contribution in [-0.4, -0.2) is 42.5 Å². The molecule has 3 aromatic rings. The lowest BCUT2D eigenvalue weighted by atomic mass is 9.98. The summed E-state index contributed by atoms with van der Waals surface area (Å²) in [6, 6.07) is 21.3. The van der Waals surface area contributed by atoms with Gasteiger partial charge in [0.1, 0.15) is 19.3 Å². The van der Waals surface area contributed by atoms with Crippen LogP contribution in [0.2, 0.25) is 0 Å². The quantitative estimate of drug-likeness (QED) is 0.369. The molecule has 0 spiro atoms. The van der Waals surface area contributed by atoms with Gasteiger partial charge in [-0.25, -0.2) is 14.4 Å². The largest absolute Gasteiger partial charge is 0.480 e. The first-order chi connectivity index (χ1) is 17.5. The Kier molecular flexibility index (Phi) is 7.65. The number of amides is 2. The van der Waals surface area contributed by atoms with Crippen LogP contribution in [0.4, 0.5) is 15.3 Å². The number of nitrogens with one attached hydrogen (secondary N) is 2. The fraction of sp³-hybridized carbons (Fsp3) is 0.179. The van der Waals surface area contributed by atoms with Crippen molar-refractivity contribution < 1.29 is 29.0 Å². The molecule has 2 amide bonds. The van der Waals surface area contributed by atoms with E-state index >= 15 is 0 Å². The predicted octanol–water partition coefficient (Wildman–Crippen LogP) is 4.96. The molecule has 3 aromatic carbocycles. The van der Waals surface area contributed by atoms with Gasteiger partial charge in [0.2, 0.25) is 0 Å². The maximum absolute atomic E-state index is 12.6. The summed E-state index contributed by atoms with van der Waals surface area (Å²) < 4.78 is 10.4. The number of aliphatic carboxylic acids is 1. The van der Waals surface area contributed by atoms with Crippen LogP contribution >= 0.6 is 0 Å². The van der Waals surface area contributed by atoms with Gasteiger partial charge < -0.3 is 19.9 Å². The SMILES string of the molecule is C=CCOC(=O)Nc1cccc(C[C@H](NC(=O)OCC2c3ccccc3-c3ccccc32)C(=O)O)c1. The van der Waals surface area contributed by atoms with Crippen LogP contribution in [0.3, 0.4) is 0 Å². The van der Waals surface area contributed by atoms with Gasteiger partial charge in [-0.2, -0.15) is 0 Å². The van der Waals surface area contributed by atoms with Gasteiger partial charge >= 0.3 is 18.2 Å². The molecule has 36 heavy (non-hydrogen) atoms. The monoisotopic (exact) mass is 486 g/mol. The predicted molar refractivity (Wildman–Crippen MR) is 135 cm³/mol. The van der Waals surface area contributed by atoms with Gasteiger partial charge in [0.15, 0.2) is 0 Å². The number of alkyl carbamates (subject to hydrolysis) is 1. The third-order valence-corrected chi connectivity index (χ3v) is 5.88. The van der Waals surface area contributed by atoms with E-state index < -0.39 is 24.2 Å². The molecule has 0 saturated carbocycles. The van der Waals surface area contributed by atoms with Crippen LogP contribution in [-0.2, 0) is 20.7 Å². The van der Waals surface area contributed by atoms with Gasteiger partial charge in [-0.1, -0.05) is 73.3 Å². The van der Waals surface area contributed by atoms with Crippen molar-refractivity contribution in [2.24, 2.45) is 0 Å². The average Bonchev–Trinajstić information content (AvgIpc) is 3.19. The van der Waals surface area contributed by atoms with Gasteiger partial charge in [0.25, 0.3) is 0 Å². The first kappa shape index (κ1) is 24.5. The lowest BCUT2D eigenvalue weighted by molar-refractivity contribution is -0.139. The Labute approximate surface area is 208 Å². The number of carbonyl (C=O) groups excluding carboxylic acids is 2. The molecule has 0 bridgehead atoms. The molecule has 8 heteroatoms. The Morgan fingerprint density at radius 1 is 0.917 bits per heavy atom. The van der Waals surface area contributed by atoms with Gasteiger partial charge in [-0.05, 0) is 39.9 Å². The molecule has 0 aromatic heterocycles. The van der Waals surface area contributed by atoms with E-state index in [0.717, 1.165) is 22.3 Å². The first-order valence-corrected chi connectivity index (χ1v) is 11.4. The standard InChI is InChI=1S/C28H26N2O6/c1-2-14-35-27(33)29-19-9-7-8-18(15-19)16-25(26(31)32)30-28(34)36-17-24-22-12-5-3-10-20(22)21-11-4-6-13-23(21)24/h2-13,15,24-25H,1,14,16-17H2,(H,29,33)(H,30,34)(H,31,32)/t25-/m0/s1. The molecule has 0 saturated heterocycles. The van der Waals surface area contributed by atoms with Crippen molar-refractivity contribution in [3.63, 3.8) is 0 Å². The highest BCUT2D eigenvalue weighted by Crippen LogP contribution is 2.44. The molecule has 1 aliphatic carbocycles. The summed E-state index contributed by atoms with van der Waals surface area (Å²) in [4.78, 5) is 36.1. The van der Waals surface area contributed by atoms with Crippen LogP contribution in [0, 0.1) is 0 Å². The zero-order valence-corrected chi connectivity index (χ0v) is 19.5. The minimum Gasteiger partial charge on any atom is -0.480 e. The van der Waals surface area contributed by atoms with E-state index in [1.54, 1.807) is 24.3 Å². The molecule has 184 valence electrons. The fourth-order valence-corrected chi connectivity index (χ4v) is 4.28. The van der Waals surface area contributed by atoms with Gasteiger partial charge in [0.05, 0.1) is 0 Å². The summed E-state index contributed by atoms with van der Waals surface area (Å²) in [7, 11) is 0. The Balaban J connectivity index is 1.38. The van der Waals surface area contributed by atoms with Crippen LogP contribution < -0.4 is 10.6 Å². The summed E-state index contributed by atoms with van der Waals surface area (Å²) in [5.74, 6) is -1.33. The van der Waals surface area contributed by atoms with Crippen LogP contribution in [0.5, 0.6) is 0 Å². The number of ether oxygens (including phenoxy) is 2. The lowest BCUT2D eigenvalue weighted by Gasteiger charge is -2.18. The number of hydrogen-bond donors (Lipinski definition) is 3. The molecular formula is C28H26N2O6. The number of benzene rings is 3. The zero-order valence-electron chi connectivity index (χ0n) is 19.5. The number of carboxylic acid groups (broad SMARTS) is 1. The minimum atomic E-state index is -1.22. The van der Waals surface area contributed by atoms with E-state index in [0.29, 0.717) is 11.3 Å². The second-order valence-electron chi connectivity index (χ2n) is 8.28. The zero-order chi connectivity index (χ0) is 25.5. The normalized spacial score (nSPS) is 12.6. The second-order valence-corrected chi connectivity index (χ2v) is 8.28. The number of fused-ring (bicyclic) bond motifs is 3. The van der Waals surface area contributed by atoms with Crippen molar-refractivity contribution in [3.8, 4) is 11.1 Å². The summed E-state index contributed by atoms with van der Waals surface area (Å²) >= 11 is 0. The highest BCUT2D eigenvalue weighted by molar-refractivity contribution is 5.85. The fourth-order valence-electron chi connectivity index (χ4n) is 4.28. The topological polar surface area (TPSA) is 114 Å². The third-order valence-electron chi connectivity index (χ3n) is 5.88. The van der Waals surface area contributed by atoms with E-state index in [1.807, 2.05) is 48.5 Å². The molecule has 0 radical (unpaired) electrons. The molecule has 0 aliphatic heterocycles.